The fraction of sp³-hybridized carbons (Fsp3) is 0.267. The van der Waals surface area contributed by atoms with Crippen molar-refractivity contribution in [1.82, 2.24) is 10.6 Å². The molecule has 2 N–H and O–H groups in total. The first-order chi connectivity index (χ1) is 9.76. The first-order valence-corrected chi connectivity index (χ1v) is 7.20. The maximum Gasteiger partial charge on any atom is 0.191 e. The lowest BCUT2D eigenvalue weighted by atomic mass is 10.2. The molecule has 2 rings (SSSR count). The molecule has 0 unspecified atom stereocenters. The van der Waals surface area contributed by atoms with Gasteiger partial charge in [0.1, 0.15) is 5.75 Å². The van der Waals surface area contributed by atoms with Crippen LogP contribution in [0.5, 0.6) is 5.75 Å². The van der Waals surface area contributed by atoms with Gasteiger partial charge in [-0.3, -0.25) is 4.99 Å². The van der Waals surface area contributed by atoms with Crippen LogP contribution in [0.4, 0.5) is 0 Å². The molecule has 4 nitrogen and oxygen atoms in total. The van der Waals surface area contributed by atoms with E-state index in [-0.39, 0.29) is 0 Å². The fourth-order valence-corrected chi connectivity index (χ4v) is 2.79. The molecule has 0 saturated carbocycles. The van der Waals surface area contributed by atoms with Gasteiger partial charge in [0.15, 0.2) is 5.96 Å². The summed E-state index contributed by atoms with van der Waals surface area (Å²) in [5.74, 6) is 1.68. The molecule has 106 valence electrons. The molecule has 1 aromatic carbocycles. The van der Waals surface area contributed by atoms with Gasteiger partial charge in [0.05, 0.1) is 13.7 Å². The monoisotopic (exact) mass is 289 g/mol. The highest BCUT2D eigenvalue weighted by Gasteiger charge is 2.04. The zero-order chi connectivity index (χ0) is 14.4. The topological polar surface area (TPSA) is 45.7 Å². The van der Waals surface area contributed by atoms with Crippen LogP contribution in [-0.2, 0) is 6.54 Å². The number of nitrogens with zero attached hydrogens (tertiary/aromatic N) is 1. The van der Waals surface area contributed by atoms with E-state index in [9.17, 15) is 0 Å². The standard InChI is InChI=1S/C15H19N3OS/c1-16-15(17-2)18-10-13-8-9-14(20-13)11-4-6-12(19-3)7-5-11/h4-9H,10H2,1-3H3,(H2,16,17,18). The lowest BCUT2D eigenvalue weighted by molar-refractivity contribution is 0.415. The average Bonchev–Trinajstić information content (AvgIpc) is 2.97. The van der Waals surface area contributed by atoms with Gasteiger partial charge >= 0.3 is 0 Å². The third kappa shape index (κ3) is 3.51. The minimum absolute atomic E-state index is 0.772. The lowest BCUT2D eigenvalue weighted by Crippen LogP contribution is -2.33. The van der Waals surface area contributed by atoms with E-state index in [1.165, 1.54) is 15.3 Å². The number of ether oxygens (including phenoxy) is 1. The molecular formula is C15H19N3OS. The maximum absolute atomic E-state index is 5.17. The molecule has 0 aliphatic carbocycles. The Morgan fingerprint density at radius 2 is 1.95 bits per heavy atom. The summed E-state index contributed by atoms with van der Waals surface area (Å²) >= 11 is 1.78. The Morgan fingerprint density at radius 3 is 2.55 bits per heavy atom. The molecule has 20 heavy (non-hydrogen) atoms. The predicted octanol–water partition coefficient (Wildman–Crippen LogP) is 2.72. The molecule has 0 aliphatic heterocycles. The summed E-state index contributed by atoms with van der Waals surface area (Å²) in [6.45, 7) is 0.772. The normalized spacial score (nSPS) is 11.2. The Balaban J connectivity index is 2.04. The summed E-state index contributed by atoms with van der Waals surface area (Å²) in [4.78, 5) is 6.62. The van der Waals surface area contributed by atoms with Gasteiger partial charge in [0, 0.05) is 23.8 Å². The van der Waals surface area contributed by atoms with Crippen LogP contribution in [0, 0.1) is 0 Å². The smallest absolute Gasteiger partial charge is 0.191 e. The van der Waals surface area contributed by atoms with Crippen LogP contribution in [0.2, 0.25) is 0 Å². The SMILES string of the molecule is CN=C(NC)NCc1ccc(-c2ccc(OC)cc2)s1. The average molecular weight is 289 g/mol. The number of hydrogen-bond acceptors (Lipinski definition) is 3. The Bertz CT molecular complexity index is 575. The van der Waals surface area contributed by atoms with Crippen molar-refractivity contribution in [1.29, 1.82) is 0 Å². The number of methoxy groups -OCH3 is 1. The molecule has 2 aromatic rings. The Morgan fingerprint density at radius 1 is 1.20 bits per heavy atom. The third-order valence-corrected chi connectivity index (χ3v) is 4.06. The van der Waals surface area contributed by atoms with Crippen LogP contribution in [-0.4, -0.2) is 27.2 Å². The van der Waals surface area contributed by atoms with Crippen LogP contribution in [0.3, 0.4) is 0 Å². The van der Waals surface area contributed by atoms with Crippen LogP contribution >= 0.6 is 11.3 Å². The summed E-state index contributed by atoms with van der Waals surface area (Å²) in [5.41, 5.74) is 1.21. The highest BCUT2D eigenvalue weighted by molar-refractivity contribution is 7.15. The highest BCUT2D eigenvalue weighted by atomic mass is 32.1. The highest BCUT2D eigenvalue weighted by Crippen LogP contribution is 2.29. The number of rotatable bonds is 4. The van der Waals surface area contributed by atoms with Gasteiger partial charge in [0.25, 0.3) is 0 Å². The number of guanidine groups is 1. The Kier molecular flexibility index (Phi) is 5.01. The van der Waals surface area contributed by atoms with E-state index in [1.807, 2.05) is 19.2 Å². The van der Waals surface area contributed by atoms with Crippen molar-refractivity contribution >= 4 is 17.3 Å². The molecule has 1 aromatic heterocycles. The van der Waals surface area contributed by atoms with E-state index in [0.717, 1.165) is 18.3 Å². The molecule has 0 atom stereocenters. The first-order valence-electron chi connectivity index (χ1n) is 6.38. The summed E-state index contributed by atoms with van der Waals surface area (Å²) < 4.78 is 5.17. The molecule has 0 bridgehead atoms. The van der Waals surface area contributed by atoms with Crippen LogP contribution in [0.15, 0.2) is 41.4 Å². The van der Waals surface area contributed by atoms with Crippen molar-refractivity contribution in [3.8, 4) is 16.2 Å². The molecule has 0 amide bonds. The Hall–Kier alpha value is -2.01. The zero-order valence-electron chi connectivity index (χ0n) is 11.9. The number of thiophene rings is 1. The van der Waals surface area contributed by atoms with Gasteiger partial charge in [-0.05, 0) is 42.0 Å². The lowest BCUT2D eigenvalue weighted by Gasteiger charge is -2.06. The van der Waals surface area contributed by atoms with Crippen LogP contribution in [0.1, 0.15) is 4.88 Å². The Labute approximate surface area is 123 Å². The van der Waals surface area contributed by atoms with Crippen LogP contribution in [0.25, 0.3) is 10.4 Å². The zero-order valence-corrected chi connectivity index (χ0v) is 12.8. The van der Waals surface area contributed by atoms with Gasteiger partial charge in [0.2, 0.25) is 0 Å². The predicted molar refractivity (Wildman–Crippen MR) is 85.6 cm³/mol. The largest absolute Gasteiger partial charge is 0.497 e. The van der Waals surface area contributed by atoms with E-state index in [1.54, 1.807) is 25.5 Å². The second-order valence-corrected chi connectivity index (χ2v) is 5.34. The van der Waals surface area contributed by atoms with Crippen molar-refractivity contribution in [2.24, 2.45) is 4.99 Å². The van der Waals surface area contributed by atoms with E-state index in [4.69, 9.17) is 4.74 Å². The molecule has 0 radical (unpaired) electrons. The fourth-order valence-electron chi connectivity index (χ4n) is 1.83. The minimum atomic E-state index is 0.772. The van der Waals surface area contributed by atoms with Gasteiger partial charge in [-0.2, -0.15) is 0 Å². The first kappa shape index (κ1) is 14.4. The van der Waals surface area contributed by atoms with Gasteiger partial charge in [-0.15, -0.1) is 11.3 Å². The minimum Gasteiger partial charge on any atom is -0.497 e. The number of aliphatic imine (C=N–C) groups is 1. The third-order valence-electron chi connectivity index (χ3n) is 2.93. The van der Waals surface area contributed by atoms with Gasteiger partial charge < -0.3 is 15.4 Å². The maximum atomic E-state index is 5.17. The van der Waals surface area contributed by atoms with Crippen molar-refractivity contribution < 1.29 is 4.74 Å². The number of benzene rings is 1. The van der Waals surface area contributed by atoms with E-state index in [2.05, 4.69) is 39.9 Å². The van der Waals surface area contributed by atoms with Gasteiger partial charge in [-0.25, -0.2) is 0 Å². The number of nitrogens with one attached hydrogen (secondary N) is 2. The summed E-state index contributed by atoms with van der Waals surface area (Å²) in [7, 11) is 5.29. The molecule has 0 fully saturated rings. The van der Waals surface area contributed by atoms with E-state index >= 15 is 0 Å². The molecule has 0 spiro atoms. The van der Waals surface area contributed by atoms with Crippen molar-refractivity contribution in [2.45, 2.75) is 6.54 Å². The quantitative estimate of drug-likeness (QED) is 0.672. The summed E-state index contributed by atoms with van der Waals surface area (Å²) in [6.07, 6.45) is 0. The molecular weight excluding hydrogens is 270 g/mol. The summed E-state index contributed by atoms with van der Waals surface area (Å²) in [5, 5.41) is 6.25. The second kappa shape index (κ2) is 6.96. The van der Waals surface area contributed by atoms with Crippen molar-refractivity contribution in [2.75, 3.05) is 21.2 Å². The van der Waals surface area contributed by atoms with E-state index < -0.39 is 0 Å². The molecule has 0 saturated heterocycles. The summed E-state index contributed by atoms with van der Waals surface area (Å²) in [6, 6.07) is 12.4. The van der Waals surface area contributed by atoms with E-state index in [0.29, 0.717) is 0 Å². The molecule has 1 heterocycles. The van der Waals surface area contributed by atoms with Crippen molar-refractivity contribution in [3.05, 3.63) is 41.3 Å². The van der Waals surface area contributed by atoms with Crippen molar-refractivity contribution in [3.63, 3.8) is 0 Å². The van der Waals surface area contributed by atoms with Gasteiger partial charge in [-0.1, -0.05) is 0 Å². The van der Waals surface area contributed by atoms with Crippen LogP contribution < -0.4 is 15.4 Å². The molecule has 5 heteroatoms. The number of hydrogen-bond donors (Lipinski definition) is 2. The second-order valence-electron chi connectivity index (χ2n) is 4.17. The molecule has 0 aliphatic rings.